The Morgan fingerprint density at radius 2 is 0.728 bits per heavy atom. The van der Waals surface area contributed by atoms with Crippen LogP contribution in [0, 0.1) is 23.7 Å². The van der Waals surface area contributed by atoms with Crippen LogP contribution in [-0.2, 0) is 40.4 Å². The Hall–Kier alpha value is -3.13. The van der Waals surface area contributed by atoms with Crippen LogP contribution >= 0.6 is 39.6 Å². The van der Waals surface area contributed by atoms with Crippen LogP contribution in [0.5, 0.6) is 11.5 Å². The van der Waals surface area contributed by atoms with Gasteiger partial charge in [0.05, 0.1) is 63.2 Å². The molecule has 0 radical (unpaired) electrons. The van der Waals surface area contributed by atoms with Crippen LogP contribution in [0.1, 0.15) is 94.8 Å². The van der Waals surface area contributed by atoms with Gasteiger partial charge in [-0.3, -0.25) is 13.7 Å². The van der Waals surface area contributed by atoms with Crippen molar-refractivity contribution in [2.75, 3.05) is 37.1 Å². The summed E-state index contributed by atoms with van der Waals surface area (Å²) >= 11 is 0. The number of sulfonamides is 1. The number of nitrogens with two attached hydrogens (primary N) is 1. The molecule has 23 nitrogen and oxygen atoms in total. The molecule has 8 rings (SSSR count). The number of nitrogens with one attached hydrogen (secondary N) is 1. The van der Waals surface area contributed by atoms with Gasteiger partial charge in [-0.1, -0.05) is 131 Å². The minimum Gasteiger partial charge on any atom is -1.00 e. The van der Waals surface area contributed by atoms with Gasteiger partial charge in [-0.25, -0.2) is 13.1 Å². The van der Waals surface area contributed by atoms with E-state index in [1.807, 2.05) is 185 Å². The molecular formula is C70H102K2N10O13P4S4. The number of ether oxygens (including phenoxy) is 2. The van der Waals surface area contributed by atoms with E-state index in [0.29, 0.717) is 90.6 Å². The molecule has 0 bridgehead atoms. The normalized spacial score (nSPS) is 13.4. The predicted octanol–water partition coefficient (Wildman–Crippen LogP) is 12.5. The van der Waals surface area contributed by atoms with Crippen LogP contribution in [-0.4, -0.2) is 96.6 Å². The third kappa shape index (κ3) is 38.7. The van der Waals surface area contributed by atoms with Gasteiger partial charge in [-0.15, -0.1) is 10.2 Å². The Bertz CT molecular complexity index is 4400. The van der Waals surface area contributed by atoms with Gasteiger partial charge < -0.3 is 18.1 Å². The number of fused-ring (bicyclic) bond motifs is 2. The van der Waals surface area contributed by atoms with Gasteiger partial charge >= 0.3 is 103 Å². The molecule has 0 spiro atoms. The molecule has 33 heteroatoms. The molecule has 10 unspecified atom stereocenters. The van der Waals surface area contributed by atoms with Crippen molar-refractivity contribution in [2.45, 2.75) is 104 Å². The minimum atomic E-state index is -4.10. The molecule has 0 aliphatic carbocycles. The second kappa shape index (κ2) is 51.3. The second-order valence-corrected chi connectivity index (χ2v) is 30.5. The van der Waals surface area contributed by atoms with Gasteiger partial charge in [-0.05, 0) is 191 Å². The predicted molar refractivity (Wildman–Crippen MR) is 431 cm³/mol. The van der Waals surface area contributed by atoms with Crippen LogP contribution in [0.15, 0.2) is 223 Å². The Morgan fingerprint density at radius 3 is 1.12 bits per heavy atom. The van der Waals surface area contributed by atoms with E-state index in [1.165, 1.54) is 14.1 Å². The van der Waals surface area contributed by atoms with Crippen LogP contribution in [0.3, 0.4) is 0 Å². The quantitative estimate of drug-likeness (QED) is 0.0107. The van der Waals surface area contributed by atoms with Crippen molar-refractivity contribution in [2.24, 2.45) is 70.3 Å². The van der Waals surface area contributed by atoms with Gasteiger partial charge in [-0.2, -0.15) is 95.5 Å². The molecule has 0 aliphatic rings. The van der Waals surface area contributed by atoms with Crippen LogP contribution in [0.25, 0.3) is 21.5 Å². The molecule has 0 heterocycles. The summed E-state index contributed by atoms with van der Waals surface area (Å²) in [4.78, 5) is 0. The zero-order chi connectivity index (χ0) is 70.4. The summed E-state index contributed by atoms with van der Waals surface area (Å²) in [6.07, 6.45) is 4.27. The number of azo groups is 4. The molecule has 0 aliphatic heterocycles. The molecule has 0 saturated heterocycles. The van der Waals surface area contributed by atoms with Crippen molar-refractivity contribution in [3.8, 4) is 11.5 Å². The fourth-order valence-corrected chi connectivity index (χ4v) is 13.2. The maximum Gasteiger partial charge on any atom is 1.00 e. The van der Waals surface area contributed by atoms with Gasteiger partial charge in [0.15, 0.2) is 0 Å². The van der Waals surface area contributed by atoms with Crippen molar-refractivity contribution in [1.29, 1.82) is 0 Å². The van der Waals surface area contributed by atoms with Crippen LogP contribution in [0.4, 0.5) is 45.5 Å². The molecule has 10 atom stereocenters. The van der Waals surface area contributed by atoms with E-state index < -0.39 is 40.4 Å². The minimum absolute atomic E-state index is 0. The molecule has 8 aromatic rings. The molecule has 556 valence electrons. The first kappa shape index (κ1) is 99.9. The number of benzene rings is 8. The van der Waals surface area contributed by atoms with Crippen LogP contribution in [0.2, 0.25) is 0 Å². The fraction of sp³-hybridized carbons (Fsp3) is 0.371. The molecule has 6 N–H and O–H groups in total. The molecule has 0 saturated carbocycles. The zero-order valence-electron chi connectivity index (χ0n) is 62.2. The first-order valence-electron chi connectivity index (χ1n) is 32.0. The van der Waals surface area contributed by atoms with Crippen molar-refractivity contribution in [1.82, 2.24) is 4.72 Å². The Labute approximate surface area is 710 Å². The number of hydrogen-bond donors (Lipinski definition) is 5. The fourth-order valence-electron chi connectivity index (χ4n) is 10.2. The Morgan fingerprint density at radius 1 is 0.388 bits per heavy atom. The zero-order valence-corrected chi connectivity index (χ0v) is 75.4. The molecule has 0 aromatic heterocycles. The summed E-state index contributed by atoms with van der Waals surface area (Å²) in [6.45, 7) is 7.72. The van der Waals surface area contributed by atoms with Crippen molar-refractivity contribution >= 4 is 147 Å². The van der Waals surface area contributed by atoms with E-state index >= 15 is 0 Å². The van der Waals surface area contributed by atoms with E-state index in [4.69, 9.17) is 18.6 Å². The average Bonchev–Trinajstić information content (AvgIpc) is 0.807. The third-order valence-electron chi connectivity index (χ3n) is 15.8. The molecule has 8 aromatic carbocycles. The molecule has 0 fully saturated rings. The van der Waals surface area contributed by atoms with Crippen molar-refractivity contribution in [3.63, 3.8) is 0 Å². The van der Waals surface area contributed by atoms with E-state index in [0.717, 1.165) is 45.8 Å². The Balaban J connectivity index is -0.00000180. The molecule has 103 heavy (non-hydrogen) atoms. The monoisotopic (exact) mass is 1620 g/mol. The van der Waals surface area contributed by atoms with Crippen molar-refractivity contribution < 1.29 is 162 Å². The third-order valence-corrected chi connectivity index (χ3v) is 19.5. The number of rotatable bonds is 35. The van der Waals surface area contributed by atoms with Gasteiger partial charge in [0.2, 0.25) is 10.0 Å². The smallest absolute Gasteiger partial charge is 1.00 e. The summed E-state index contributed by atoms with van der Waals surface area (Å²) in [6, 6.07) is 56.5. The average molecular weight is 1620 g/mol. The number of nitrogens with zero attached hydrogens (tertiary/aromatic N) is 8. The standard InChI is InChI=1S/C35H43N5O6S2.C34H40N4O7S2.CH5N.2K.4H3P.2H/c1-26(22-25-48(43,44)45)10-9-15-33(27(2)23-24-47(41,42)36-3)46-34-21-16-28-11-7-8-14-32(28)35(34)40-39-31-19-17-30(18-20-31)38-37-29-12-5-4-6-13-29;1-25(20-22-46(39,40)41)12-18-31(24-26(2)21-23-47(42,43)44)45-33-19-13-27-8-6-7-11-32(27)34(33)38-37-30-16-14-29(15-17-30)36-35-28-9-4-3-5-10-28;1-2;;;;;;;;/h4-8,11-14,16-21,26-27,33,36H,9-10,15,22-25H2,1-3H3,(H,43,44,45);3-11,13-17,19,25-26,31H,12,18,20-24H2,1-2H3,(H,39,40,41)(H,42,43,44);2H2,1H3;;;4*1H3;;/q;;;2*+1;;;;;2*-1. The van der Waals surface area contributed by atoms with E-state index in [2.05, 4.69) is 51.4 Å². The topological polar surface area (TPSA) is 353 Å². The van der Waals surface area contributed by atoms with E-state index in [1.54, 1.807) is 24.3 Å². The second-order valence-electron chi connectivity index (χ2n) is 23.7. The van der Waals surface area contributed by atoms with Crippen molar-refractivity contribution in [3.05, 3.63) is 182 Å². The van der Waals surface area contributed by atoms with Gasteiger partial charge in [0.1, 0.15) is 29.0 Å². The summed E-state index contributed by atoms with van der Waals surface area (Å²) < 4.78 is 135. The molecular weight excluding hydrogens is 1520 g/mol. The van der Waals surface area contributed by atoms with Crippen LogP contribution < -0.4 is 123 Å². The van der Waals surface area contributed by atoms with E-state index in [-0.39, 0.29) is 211 Å². The summed E-state index contributed by atoms with van der Waals surface area (Å²) in [5.41, 5.74) is 9.66. The largest absolute Gasteiger partial charge is 1.00 e. The summed E-state index contributed by atoms with van der Waals surface area (Å²) in [5, 5.41) is 38.9. The van der Waals surface area contributed by atoms with Gasteiger partial charge in [0.25, 0.3) is 30.4 Å². The SMILES string of the molecule is CC(CCC(CC(C)CCS(=O)(=O)O)Oc1ccc2ccccc2c1N=Nc1ccc(N=Nc2ccccc2)cc1)CCS(=O)(=O)O.CN.CNS(=O)(=O)CCC(C)C(CCCC(C)CCS(=O)(=O)O)Oc1ccc2ccccc2c1N=Nc1ccc(N=Nc2ccccc2)cc1.P.P.P.P.[H-].[H-].[K+].[K+]. The van der Waals surface area contributed by atoms with E-state index in [9.17, 15) is 38.2 Å². The molecule has 0 amide bonds. The summed E-state index contributed by atoms with van der Waals surface area (Å²) in [7, 11) is -12.7. The first-order chi connectivity index (χ1) is 46.3. The first-order valence-corrected chi connectivity index (χ1v) is 38.4. The van der Waals surface area contributed by atoms with Gasteiger partial charge in [0, 0.05) is 10.8 Å². The number of hydrogen-bond acceptors (Lipinski definition) is 19. The summed E-state index contributed by atoms with van der Waals surface area (Å²) in [5.74, 6) is -0.140. The maximum absolute atomic E-state index is 12.2. The Kier molecular flexibility index (Phi) is 49.7. The maximum atomic E-state index is 12.2.